The summed E-state index contributed by atoms with van der Waals surface area (Å²) >= 11 is 18.3. The number of rotatable bonds is 12. The standard InChI is InChI=1S/C24H24ClNO2.C23H22ClNO3.C23H22ClNO2/c1-15-4-6-16(7-5-15)23-20-13-24(2,3)14-26(20)19(12-21(27)28)22(23)17-8-10-18(25)11-9-17;1-23(2)12-19-22(15-5-9-17(26)10-6-15)21(14-3-7-16(24)8-4-14)18(11-20(27)28)25(19)13-23;1-23(2)13-19-22(15-6-4-3-5-7-15)21(16-8-10-17(24)11-9-16)18(12-20(26)27)25(19)14-23/h4-11H,12-14H2,1-3H3,(H,27,28);3-10,26H,11-13H2,1-2H3,(H,27,28);3-11H,12-14H2,1-2H3,(H,26,27). The third-order valence-corrected chi connectivity index (χ3v) is 16.8. The zero-order valence-corrected chi connectivity index (χ0v) is 50.1. The molecule has 426 valence electrons. The molecule has 0 unspecified atom stereocenters. The molecule has 0 radical (unpaired) electrons. The third kappa shape index (κ3) is 12.5. The minimum atomic E-state index is -0.850. The van der Waals surface area contributed by atoms with Gasteiger partial charge in [0.2, 0.25) is 0 Å². The Morgan fingerprint density at radius 3 is 0.928 bits per heavy atom. The Labute approximate surface area is 500 Å². The van der Waals surface area contributed by atoms with Crippen molar-refractivity contribution in [3.05, 3.63) is 206 Å². The zero-order valence-electron chi connectivity index (χ0n) is 47.8. The summed E-state index contributed by atoms with van der Waals surface area (Å²) in [4.78, 5) is 35.1. The Balaban J connectivity index is 0.000000139. The highest BCUT2D eigenvalue weighted by Crippen LogP contribution is 2.50. The van der Waals surface area contributed by atoms with E-state index in [2.05, 4.69) is 98.6 Å². The van der Waals surface area contributed by atoms with Crippen molar-refractivity contribution in [2.45, 2.75) is 107 Å². The van der Waals surface area contributed by atoms with E-state index in [4.69, 9.17) is 34.8 Å². The molecule has 0 atom stereocenters. The van der Waals surface area contributed by atoms with Crippen molar-refractivity contribution in [2.24, 2.45) is 16.2 Å². The normalized spacial score (nSPS) is 14.9. The second-order valence-corrected chi connectivity index (χ2v) is 26.0. The summed E-state index contributed by atoms with van der Waals surface area (Å²) in [5.74, 6) is -2.26. The molecular formula is C70H68Cl3N3O7. The lowest BCUT2D eigenvalue weighted by Crippen LogP contribution is -2.15. The SMILES string of the molecule is CC1(C)Cc2c(-c3ccc(O)cc3)c(-c3ccc(Cl)cc3)c(CC(=O)O)n2C1.CC1(C)Cc2c(-c3ccccc3)c(-c3ccc(Cl)cc3)c(CC(=O)O)n2C1.Cc1ccc(-c2c(-c3ccc(Cl)cc3)c(CC(=O)O)n3c2CC(C)(C)C3)cc1. The maximum atomic E-state index is 11.7. The molecule has 12 rings (SSSR count). The maximum Gasteiger partial charge on any atom is 0.309 e. The zero-order chi connectivity index (χ0) is 59.3. The number of halogens is 3. The lowest BCUT2D eigenvalue weighted by atomic mass is 9.86. The number of fused-ring (bicyclic) bond motifs is 3. The van der Waals surface area contributed by atoms with Gasteiger partial charge in [0.1, 0.15) is 5.75 Å². The average Bonchev–Trinajstić information content (AvgIpc) is 2.13. The van der Waals surface area contributed by atoms with Crippen molar-refractivity contribution in [3.8, 4) is 72.5 Å². The molecule has 0 saturated carbocycles. The van der Waals surface area contributed by atoms with Gasteiger partial charge < -0.3 is 34.1 Å². The summed E-state index contributed by atoms with van der Waals surface area (Å²) in [6.07, 6.45) is 2.69. The van der Waals surface area contributed by atoms with Crippen LogP contribution in [0, 0.1) is 23.2 Å². The number of carboxylic acids is 3. The van der Waals surface area contributed by atoms with E-state index >= 15 is 0 Å². The average molecular weight is 1170 g/mol. The predicted molar refractivity (Wildman–Crippen MR) is 334 cm³/mol. The summed E-state index contributed by atoms with van der Waals surface area (Å²) < 4.78 is 6.66. The molecule has 3 aliphatic rings. The summed E-state index contributed by atoms with van der Waals surface area (Å²) in [5.41, 5.74) is 20.2. The fourth-order valence-electron chi connectivity index (χ4n) is 12.7. The first-order chi connectivity index (χ1) is 39.4. The first-order valence-corrected chi connectivity index (χ1v) is 29.1. The number of nitrogens with zero attached hydrogens (tertiary/aromatic N) is 3. The fraction of sp³-hybridized carbons (Fsp3) is 0.271. The molecule has 13 heteroatoms. The van der Waals surface area contributed by atoms with Crippen LogP contribution in [0.15, 0.2) is 152 Å². The van der Waals surface area contributed by atoms with Crippen LogP contribution in [0.3, 0.4) is 0 Å². The summed E-state index contributed by atoms with van der Waals surface area (Å²) in [7, 11) is 0. The molecule has 6 aromatic carbocycles. The van der Waals surface area contributed by atoms with E-state index < -0.39 is 17.9 Å². The minimum absolute atomic E-state index is 0.00685. The fourth-order valence-corrected chi connectivity index (χ4v) is 13.1. The molecule has 3 aromatic heterocycles. The first-order valence-electron chi connectivity index (χ1n) is 27.9. The number of carboxylic acid groups (broad SMARTS) is 3. The number of aromatic hydroxyl groups is 1. The number of carbonyl (C=O) groups is 3. The molecule has 4 N–H and O–H groups in total. The van der Waals surface area contributed by atoms with Crippen LogP contribution in [0.25, 0.3) is 66.8 Å². The molecular weight excluding hydrogens is 1100 g/mol. The number of aromatic nitrogens is 3. The monoisotopic (exact) mass is 1170 g/mol. The van der Waals surface area contributed by atoms with Gasteiger partial charge in [0, 0.05) is 102 Å². The lowest BCUT2D eigenvalue weighted by Gasteiger charge is -2.18. The molecule has 0 saturated heterocycles. The van der Waals surface area contributed by atoms with E-state index in [9.17, 15) is 34.8 Å². The molecule has 9 aromatic rings. The van der Waals surface area contributed by atoms with Crippen molar-refractivity contribution < 1.29 is 34.8 Å². The molecule has 0 spiro atoms. The van der Waals surface area contributed by atoms with Crippen LogP contribution in [0.5, 0.6) is 5.75 Å². The van der Waals surface area contributed by atoms with Crippen LogP contribution in [-0.4, -0.2) is 52.0 Å². The Morgan fingerprint density at radius 1 is 0.386 bits per heavy atom. The van der Waals surface area contributed by atoms with Gasteiger partial charge in [-0.05, 0) is 124 Å². The second-order valence-electron chi connectivity index (χ2n) is 24.7. The van der Waals surface area contributed by atoms with Crippen molar-refractivity contribution in [3.63, 3.8) is 0 Å². The summed E-state index contributed by atoms with van der Waals surface area (Å²) in [5, 5.41) is 40.5. The highest BCUT2D eigenvalue weighted by molar-refractivity contribution is 6.31. The van der Waals surface area contributed by atoms with E-state index in [0.717, 1.165) is 128 Å². The maximum absolute atomic E-state index is 11.7. The Hall–Kier alpha value is -7.76. The van der Waals surface area contributed by atoms with Crippen molar-refractivity contribution >= 4 is 52.7 Å². The predicted octanol–water partition coefficient (Wildman–Crippen LogP) is 17.1. The van der Waals surface area contributed by atoms with Crippen molar-refractivity contribution in [1.82, 2.24) is 13.7 Å². The largest absolute Gasteiger partial charge is 0.508 e. The second kappa shape index (κ2) is 23.1. The Morgan fingerprint density at radius 2 is 0.639 bits per heavy atom. The number of phenols is 1. The minimum Gasteiger partial charge on any atom is -0.508 e. The topological polar surface area (TPSA) is 147 Å². The van der Waals surface area contributed by atoms with Gasteiger partial charge in [-0.3, -0.25) is 14.4 Å². The smallest absolute Gasteiger partial charge is 0.309 e. The number of phenolic OH excluding ortho intramolecular Hbond substituents is 1. The van der Waals surface area contributed by atoms with Gasteiger partial charge in [0.15, 0.2) is 0 Å². The Kier molecular flexibility index (Phi) is 16.3. The molecule has 3 aliphatic heterocycles. The molecule has 0 fully saturated rings. The van der Waals surface area contributed by atoms with Crippen molar-refractivity contribution in [1.29, 1.82) is 0 Å². The van der Waals surface area contributed by atoms with Crippen LogP contribution in [-0.2, 0) is 72.5 Å². The number of hydrogen-bond acceptors (Lipinski definition) is 4. The molecule has 0 amide bonds. The van der Waals surface area contributed by atoms with E-state index in [-0.39, 0.29) is 41.3 Å². The molecule has 6 heterocycles. The van der Waals surface area contributed by atoms with E-state index in [1.807, 2.05) is 103 Å². The van der Waals surface area contributed by atoms with Gasteiger partial charge in [-0.15, -0.1) is 0 Å². The van der Waals surface area contributed by atoms with Gasteiger partial charge in [-0.2, -0.15) is 0 Å². The summed E-state index contributed by atoms with van der Waals surface area (Å²) in [6.45, 7) is 17.9. The van der Waals surface area contributed by atoms with Gasteiger partial charge in [0.25, 0.3) is 0 Å². The van der Waals surface area contributed by atoms with Crippen LogP contribution in [0.2, 0.25) is 15.1 Å². The molecule has 10 nitrogen and oxygen atoms in total. The van der Waals surface area contributed by atoms with Crippen LogP contribution in [0.4, 0.5) is 0 Å². The van der Waals surface area contributed by atoms with Gasteiger partial charge in [0.05, 0.1) is 19.3 Å². The van der Waals surface area contributed by atoms with Crippen LogP contribution < -0.4 is 0 Å². The molecule has 0 bridgehead atoms. The van der Waals surface area contributed by atoms with Gasteiger partial charge in [-0.25, -0.2) is 0 Å². The van der Waals surface area contributed by atoms with Gasteiger partial charge >= 0.3 is 17.9 Å². The number of hydrogen-bond donors (Lipinski definition) is 4. The van der Waals surface area contributed by atoms with E-state index in [1.165, 1.54) is 17.0 Å². The molecule has 83 heavy (non-hydrogen) atoms. The van der Waals surface area contributed by atoms with E-state index in [1.54, 1.807) is 12.1 Å². The molecule has 0 aliphatic carbocycles. The Bertz CT molecular complexity index is 3730. The van der Waals surface area contributed by atoms with Gasteiger partial charge in [-0.1, -0.05) is 185 Å². The van der Waals surface area contributed by atoms with Crippen LogP contribution in [0.1, 0.15) is 81.3 Å². The summed E-state index contributed by atoms with van der Waals surface area (Å²) in [6, 6.07) is 48.8. The quantitative estimate of drug-likeness (QED) is 0.0952. The highest BCUT2D eigenvalue weighted by atomic mass is 35.5. The van der Waals surface area contributed by atoms with Crippen molar-refractivity contribution in [2.75, 3.05) is 0 Å². The third-order valence-electron chi connectivity index (χ3n) is 16.0. The number of benzene rings is 6. The lowest BCUT2D eigenvalue weighted by molar-refractivity contribution is -0.137. The first kappa shape index (κ1) is 58.4. The van der Waals surface area contributed by atoms with Crippen LogP contribution >= 0.6 is 34.8 Å². The number of aryl methyl sites for hydroxylation is 1. The van der Waals surface area contributed by atoms with E-state index in [0.29, 0.717) is 15.1 Å². The number of aliphatic carboxylic acids is 3. The highest BCUT2D eigenvalue weighted by Gasteiger charge is 2.39.